The van der Waals surface area contributed by atoms with E-state index in [4.69, 9.17) is 12.2 Å². The van der Waals surface area contributed by atoms with Crippen molar-refractivity contribution in [1.82, 2.24) is 5.32 Å². The van der Waals surface area contributed by atoms with Crippen LogP contribution >= 0.6 is 12.2 Å². The lowest BCUT2D eigenvalue weighted by molar-refractivity contribution is 0.411. The zero-order chi connectivity index (χ0) is 26.8. The molecule has 0 radical (unpaired) electrons. The first-order valence-electron chi connectivity index (χ1n) is 12.6. The topological polar surface area (TPSA) is 24.1 Å². The van der Waals surface area contributed by atoms with E-state index in [-0.39, 0.29) is 12.8 Å². The lowest BCUT2D eigenvalue weighted by Gasteiger charge is -2.36. The van der Waals surface area contributed by atoms with E-state index >= 15 is 0 Å². The molecule has 0 aromatic heterocycles. The Morgan fingerprint density at radius 3 is 1.73 bits per heavy atom. The number of nitrogens with one attached hydrogen (secondary N) is 2. The Morgan fingerprint density at radius 2 is 1.32 bits per heavy atom. The molecular formula is C34H46N2S. The van der Waals surface area contributed by atoms with Crippen LogP contribution in [0.5, 0.6) is 0 Å². The average molecular weight is 515 g/mol. The standard InChI is InChI=1S/C18H19NS.C15H23N.CH4/c1-14(2)19-18(15(3)20,16-10-6-4-7-11-16)17-12-8-5-9-13-17;1-6-13-8-7-9-14(10-13)16-12(2)11-15(3,4)5;/h4-13,19H,1H2,2-3H3;7-10,16H,2,6,11H2,1,3-5H3;1H4. The molecule has 0 fully saturated rings. The molecule has 0 saturated carbocycles. The fourth-order valence-corrected chi connectivity index (χ4v) is 4.55. The number of anilines is 1. The first kappa shape index (κ1) is 31.9. The minimum Gasteiger partial charge on any atom is -0.372 e. The quantitative estimate of drug-likeness (QED) is 0.278. The van der Waals surface area contributed by atoms with Gasteiger partial charge in [-0.05, 0) is 60.9 Å². The summed E-state index contributed by atoms with van der Waals surface area (Å²) < 4.78 is 0. The van der Waals surface area contributed by atoms with Crippen molar-refractivity contribution < 1.29 is 0 Å². The van der Waals surface area contributed by atoms with Crippen LogP contribution in [0.3, 0.4) is 0 Å². The van der Waals surface area contributed by atoms with E-state index in [1.807, 2.05) is 50.2 Å². The first-order chi connectivity index (χ1) is 17.0. The smallest absolute Gasteiger partial charge is 0.119 e. The molecule has 3 rings (SSSR count). The third-order valence-corrected chi connectivity index (χ3v) is 6.05. The van der Waals surface area contributed by atoms with E-state index in [1.54, 1.807) is 0 Å². The van der Waals surface area contributed by atoms with E-state index in [9.17, 15) is 0 Å². The van der Waals surface area contributed by atoms with Crippen LogP contribution in [0.1, 0.15) is 72.1 Å². The maximum Gasteiger partial charge on any atom is 0.119 e. The summed E-state index contributed by atoms with van der Waals surface area (Å²) in [6, 6.07) is 29.1. The molecule has 3 heteroatoms. The van der Waals surface area contributed by atoms with Gasteiger partial charge in [-0.2, -0.15) is 0 Å². The van der Waals surface area contributed by atoms with Crippen molar-refractivity contribution in [2.24, 2.45) is 5.41 Å². The lowest BCUT2D eigenvalue weighted by Crippen LogP contribution is -2.47. The third-order valence-electron chi connectivity index (χ3n) is 5.74. The highest BCUT2D eigenvalue weighted by molar-refractivity contribution is 7.80. The molecule has 0 bridgehead atoms. The van der Waals surface area contributed by atoms with Crippen molar-refractivity contribution in [3.63, 3.8) is 0 Å². The highest BCUT2D eigenvalue weighted by atomic mass is 32.1. The number of aryl methyl sites for hydroxylation is 1. The Hall–Kier alpha value is -3.17. The van der Waals surface area contributed by atoms with E-state index in [0.29, 0.717) is 0 Å². The monoisotopic (exact) mass is 514 g/mol. The van der Waals surface area contributed by atoms with Gasteiger partial charge in [0.15, 0.2) is 0 Å². The maximum absolute atomic E-state index is 5.61. The summed E-state index contributed by atoms with van der Waals surface area (Å²) in [7, 11) is 0. The fraction of sp³-hybridized carbons (Fsp3) is 0.324. The van der Waals surface area contributed by atoms with Crippen LogP contribution in [-0.4, -0.2) is 4.86 Å². The zero-order valence-electron chi connectivity index (χ0n) is 22.8. The van der Waals surface area contributed by atoms with Gasteiger partial charge in [0.1, 0.15) is 5.54 Å². The van der Waals surface area contributed by atoms with Gasteiger partial charge in [0.2, 0.25) is 0 Å². The van der Waals surface area contributed by atoms with Gasteiger partial charge in [-0.15, -0.1) is 0 Å². The zero-order valence-corrected chi connectivity index (χ0v) is 23.6. The van der Waals surface area contributed by atoms with Crippen molar-refractivity contribution >= 4 is 22.8 Å². The van der Waals surface area contributed by atoms with Crippen LogP contribution in [0.4, 0.5) is 5.69 Å². The fourth-order valence-electron chi connectivity index (χ4n) is 4.26. The molecule has 0 aliphatic rings. The molecule has 0 unspecified atom stereocenters. The summed E-state index contributed by atoms with van der Waals surface area (Å²) in [6.07, 6.45) is 2.06. The van der Waals surface area contributed by atoms with Crippen LogP contribution in [0.2, 0.25) is 0 Å². The van der Waals surface area contributed by atoms with E-state index < -0.39 is 5.54 Å². The molecule has 3 aromatic carbocycles. The van der Waals surface area contributed by atoms with Gasteiger partial charge in [-0.1, -0.05) is 133 Å². The summed E-state index contributed by atoms with van der Waals surface area (Å²) >= 11 is 5.61. The molecule has 0 aliphatic carbocycles. The Kier molecular flexibility index (Phi) is 12.5. The van der Waals surface area contributed by atoms with Crippen LogP contribution in [0.15, 0.2) is 109 Å². The number of hydrogen-bond donors (Lipinski definition) is 2. The van der Waals surface area contributed by atoms with Gasteiger partial charge in [-0.25, -0.2) is 0 Å². The predicted molar refractivity (Wildman–Crippen MR) is 169 cm³/mol. The highest BCUT2D eigenvalue weighted by Crippen LogP contribution is 2.32. The molecule has 0 aliphatic heterocycles. The van der Waals surface area contributed by atoms with Crippen molar-refractivity contribution in [2.45, 2.75) is 67.3 Å². The van der Waals surface area contributed by atoms with Gasteiger partial charge in [-0.3, -0.25) is 0 Å². The Labute approximate surface area is 231 Å². The summed E-state index contributed by atoms with van der Waals surface area (Å²) in [5, 5.41) is 6.87. The van der Waals surface area contributed by atoms with Crippen molar-refractivity contribution in [3.8, 4) is 0 Å². The molecule has 0 saturated heterocycles. The van der Waals surface area contributed by atoms with Crippen molar-refractivity contribution in [2.75, 3.05) is 5.32 Å². The Balaban J connectivity index is 0.000000369. The van der Waals surface area contributed by atoms with Crippen molar-refractivity contribution in [3.05, 3.63) is 126 Å². The predicted octanol–water partition coefficient (Wildman–Crippen LogP) is 9.69. The Morgan fingerprint density at radius 1 is 0.811 bits per heavy atom. The highest BCUT2D eigenvalue weighted by Gasteiger charge is 2.36. The minimum atomic E-state index is -0.510. The number of hydrogen-bond acceptors (Lipinski definition) is 3. The second-order valence-corrected chi connectivity index (χ2v) is 11.1. The van der Waals surface area contributed by atoms with E-state index in [1.165, 1.54) is 5.56 Å². The molecular weight excluding hydrogens is 468 g/mol. The maximum atomic E-state index is 5.61. The van der Waals surface area contributed by atoms with Gasteiger partial charge in [0, 0.05) is 21.9 Å². The summed E-state index contributed by atoms with van der Waals surface area (Å²) in [6.45, 7) is 20.9. The van der Waals surface area contributed by atoms with E-state index in [2.05, 4.69) is 100 Å². The largest absolute Gasteiger partial charge is 0.372 e. The van der Waals surface area contributed by atoms with Gasteiger partial charge in [0.05, 0.1) is 0 Å². The number of rotatable bonds is 9. The molecule has 0 amide bonds. The molecule has 0 heterocycles. The first-order valence-corrected chi connectivity index (χ1v) is 13.0. The Bertz CT molecular complexity index is 1100. The van der Waals surface area contributed by atoms with Crippen LogP contribution in [0, 0.1) is 5.41 Å². The average Bonchev–Trinajstić information content (AvgIpc) is 2.82. The molecule has 198 valence electrons. The van der Waals surface area contributed by atoms with E-state index in [0.717, 1.165) is 45.9 Å². The van der Waals surface area contributed by atoms with Crippen LogP contribution in [-0.2, 0) is 12.0 Å². The lowest BCUT2D eigenvalue weighted by atomic mass is 9.80. The van der Waals surface area contributed by atoms with Gasteiger partial charge >= 0.3 is 0 Å². The molecule has 0 spiro atoms. The van der Waals surface area contributed by atoms with Gasteiger partial charge < -0.3 is 10.6 Å². The second kappa shape index (κ2) is 14.5. The third kappa shape index (κ3) is 9.66. The van der Waals surface area contributed by atoms with Crippen molar-refractivity contribution in [1.29, 1.82) is 0 Å². The number of thiocarbonyl (C=S) groups is 1. The van der Waals surface area contributed by atoms with Crippen LogP contribution < -0.4 is 10.6 Å². The normalized spacial score (nSPS) is 10.8. The second-order valence-electron chi connectivity index (χ2n) is 10.5. The summed E-state index contributed by atoms with van der Waals surface area (Å²) in [5.41, 5.74) is 6.50. The minimum absolute atomic E-state index is 0. The summed E-state index contributed by atoms with van der Waals surface area (Å²) in [5.74, 6) is 0. The van der Waals surface area contributed by atoms with Crippen LogP contribution in [0.25, 0.3) is 0 Å². The SMILES string of the molecule is C.C=C(C)NC(C(C)=S)(c1ccccc1)c1ccccc1.C=C(CC(C)(C)C)Nc1cccc(CC)c1. The molecule has 37 heavy (non-hydrogen) atoms. The summed E-state index contributed by atoms with van der Waals surface area (Å²) in [4.78, 5) is 0.873. The molecule has 2 nitrogen and oxygen atoms in total. The molecule has 3 aromatic rings. The number of benzene rings is 3. The molecule has 2 N–H and O–H groups in total. The van der Waals surface area contributed by atoms with Gasteiger partial charge in [0.25, 0.3) is 0 Å². The molecule has 0 atom stereocenters. The number of allylic oxidation sites excluding steroid dienone is 2.